The maximum absolute atomic E-state index is 13.1. The van der Waals surface area contributed by atoms with E-state index in [-0.39, 0.29) is 10.6 Å². The van der Waals surface area contributed by atoms with Crippen molar-refractivity contribution >= 4 is 34.6 Å². The maximum Gasteiger partial charge on any atom is 0.267 e. The topological polar surface area (TPSA) is 90.9 Å². The van der Waals surface area contributed by atoms with Crippen LogP contribution in [0.3, 0.4) is 0 Å². The minimum absolute atomic E-state index is 0.192. The van der Waals surface area contributed by atoms with E-state index in [9.17, 15) is 9.18 Å². The summed E-state index contributed by atoms with van der Waals surface area (Å²) in [5.41, 5.74) is 6.57. The highest BCUT2D eigenvalue weighted by Crippen LogP contribution is 2.24. The fraction of sp³-hybridized carbons (Fsp3) is 0. The van der Waals surface area contributed by atoms with Crippen LogP contribution in [0, 0.1) is 17.1 Å². The fourth-order valence-corrected chi connectivity index (χ4v) is 1.94. The Labute approximate surface area is 137 Å². The van der Waals surface area contributed by atoms with E-state index in [1.165, 1.54) is 36.5 Å². The van der Waals surface area contributed by atoms with Crippen LogP contribution in [-0.4, -0.2) is 5.91 Å². The summed E-state index contributed by atoms with van der Waals surface area (Å²) >= 11 is 5.96. The minimum atomic E-state index is -0.650. The van der Waals surface area contributed by atoms with E-state index >= 15 is 0 Å². The number of rotatable bonds is 4. The molecule has 0 bridgehead atoms. The number of nitriles is 1. The number of nitrogen functional groups attached to an aromatic ring is 1. The number of halogens is 2. The number of nitrogens with zero attached hydrogens (tertiary/aromatic N) is 1. The molecular weight excluding hydrogens is 319 g/mol. The van der Waals surface area contributed by atoms with E-state index < -0.39 is 11.7 Å². The zero-order valence-electron chi connectivity index (χ0n) is 11.8. The molecule has 0 spiro atoms. The van der Waals surface area contributed by atoms with E-state index in [0.717, 1.165) is 0 Å². The number of amides is 1. The average Bonchev–Trinajstić information content (AvgIpc) is 2.51. The molecule has 0 aliphatic rings. The van der Waals surface area contributed by atoms with Crippen molar-refractivity contribution in [1.29, 1.82) is 5.26 Å². The number of benzene rings is 2. The summed E-state index contributed by atoms with van der Waals surface area (Å²) in [5, 5.41) is 14.5. The van der Waals surface area contributed by atoms with Gasteiger partial charge in [-0.3, -0.25) is 4.79 Å². The van der Waals surface area contributed by atoms with Gasteiger partial charge in [-0.2, -0.15) is 5.26 Å². The molecule has 0 aliphatic heterocycles. The first-order valence-corrected chi connectivity index (χ1v) is 6.86. The molecule has 0 heterocycles. The molecule has 7 heteroatoms. The van der Waals surface area contributed by atoms with Crippen molar-refractivity contribution in [3.05, 3.63) is 65.1 Å². The summed E-state index contributed by atoms with van der Waals surface area (Å²) in [5.74, 6) is -1.08. The van der Waals surface area contributed by atoms with E-state index in [1.54, 1.807) is 18.2 Å². The Kier molecular flexibility index (Phi) is 5.18. The molecule has 0 radical (unpaired) electrons. The second-order valence-electron chi connectivity index (χ2n) is 4.52. The molecular formula is C16H12ClFN4O. The molecule has 0 atom stereocenters. The van der Waals surface area contributed by atoms with Gasteiger partial charge in [-0.25, -0.2) is 4.39 Å². The van der Waals surface area contributed by atoms with Gasteiger partial charge in [0.15, 0.2) is 0 Å². The van der Waals surface area contributed by atoms with Gasteiger partial charge in [0, 0.05) is 17.6 Å². The number of hydrogen-bond donors (Lipinski definition) is 3. The molecule has 2 aromatic carbocycles. The van der Waals surface area contributed by atoms with Crippen molar-refractivity contribution in [3.8, 4) is 6.07 Å². The number of hydrogen-bond acceptors (Lipinski definition) is 4. The lowest BCUT2D eigenvalue weighted by Crippen LogP contribution is -2.15. The molecule has 0 fully saturated rings. The van der Waals surface area contributed by atoms with Gasteiger partial charge in [-0.05, 0) is 36.4 Å². The summed E-state index contributed by atoms with van der Waals surface area (Å²) in [6, 6.07) is 12.0. The lowest BCUT2D eigenvalue weighted by atomic mass is 10.2. The largest absolute Gasteiger partial charge is 0.399 e. The molecule has 1 amide bonds. The van der Waals surface area contributed by atoms with Gasteiger partial charge in [0.2, 0.25) is 0 Å². The summed E-state index contributed by atoms with van der Waals surface area (Å²) < 4.78 is 13.1. The first-order valence-electron chi connectivity index (χ1n) is 6.48. The van der Waals surface area contributed by atoms with Crippen LogP contribution in [-0.2, 0) is 4.79 Å². The fourth-order valence-electron chi connectivity index (χ4n) is 1.70. The molecule has 2 rings (SSSR count). The predicted molar refractivity (Wildman–Crippen MR) is 88.2 cm³/mol. The van der Waals surface area contributed by atoms with Crippen molar-refractivity contribution in [3.63, 3.8) is 0 Å². The Bertz CT molecular complexity index is 814. The lowest BCUT2D eigenvalue weighted by Gasteiger charge is -2.07. The van der Waals surface area contributed by atoms with E-state index in [2.05, 4.69) is 10.6 Å². The van der Waals surface area contributed by atoms with Gasteiger partial charge >= 0.3 is 0 Å². The van der Waals surface area contributed by atoms with Crippen LogP contribution in [0.4, 0.5) is 21.5 Å². The first kappa shape index (κ1) is 16.3. The summed E-state index contributed by atoms with van der Waals surface area (Å²) in [4.78, 5) is 12.1. The van der Waals surface area contributed by atoms with Crippen molar-refractivity contribution < 1.29 is 9.18 Å². The van der Waals surface area contributed by atoms with Crippen molar-refractivity contribution in [1.82, 2.24) is 0 Å². The third-order valence-electron chi connectivity index (χ3n) is 2.81. The molecule has 5 nitrogen and oxygen atoms in total. The van der Waals surface area contributed by atoms with E-state index in [1.807, 2.05) is 0 Å². The van der Waals surface area contributed by atoms with Gasteiger partial charge in [-0.1, -0.05) is 17.7 Å². The molecule has 0 aliphatic carbocycles. The highest BCUT2D eigenvalue weighted by Gasteiger charge is 2.11. The molecule has 4 N–H and O–H groups in total. The van der Waals surface area contributed by atoms with Crippen LogP contribution in [0.5, 0.6) is 0 Å². The molecule has 0 saturated carbocycles. The quantitative estimate of drug-likeness (QED) is 0.454. The number of carbonyl (C=O) groups is 1. The Morgan fingerprint density at radius 1 is 1.30 bits per heavy atom. The first-order chi connectivity index (χ1) is 11.0. The number of nitrogens with one attached hydrogen (secondary N) is 2. The lowest BCUT2D eigenvalue weighted by molar-refractivity contribution is -0.112. The Hall–Kier alpha value is -3.04. The van der Waals surface area contributed by atoms with Crippen molar-refractivity contribution in [2.24, 2.45) is 0 Å². The SMILES string of the molecule is N#C/C(=C/Nc1cccc(F)c1)C(=O)Nc1ccc(N)cc1Cl. The minimum Gasteiger partial charge on any atom is -0.399 e. The number of anilines is 3. The Morgan fingerprint density at radius 3 is 2.74 bits per heavy atom. The van der Waals surface area contributed by atoms with Crippen LogP contribution in [0.1, 0.15) is 0 Å². The van der Waals surface area contributed by atoms with Crippen LogP contribution in [0.15, 0.2) is 54.2 Å². The van der Waals surface area contributed by atoms with Crippen LogP contribution < -0.4 is 16.4 Å². The second kappa shape index (κ2) is 7.29. The highest BCUT2D eigenvalue weighted by molar-refractivity contribution is 6.34. The second-order valence-corrected chi connectivity index (χ2v) is 4.93. The molecule has 2 aromatic rings. The third-order valence-corrected chi connectivity index (χ3v) is 3.13. The number of carbonyl (C=O) groups excluding carboxylic acids is 1. The standard InChI is InChI=1S/C16H12ClFN4O/c17-14-7-12(20)4-5-15(14)22-16(23)10(8-19)9-21-13-3-1-2-11(18)6-13/h1-7,9,21H,20H2,(H,22,23)/b10-9-. The van der Waals surface area contributed by atoms with Gasteiger partial charge in [0.05, 0.1) is 10.7 Å². The Morgan fingerprint density at radius 2 is 2.09 bits per heavy atom. The normalized spacial score (nSPS) is 10.7. The van der Waals surface area contributed by atoms with Crippen molar-refractivity contribution in [2.45, 2.75) is 0 Å². The van der Waals surface area contributed by atoms with Gasteiger partial charge < -0.3 is 16.4 Å². The van der Waals surface area contributed by atoms with Crippen molar-refractivity contribution in [2.75, 3.05) is 16.4 Å². The molecule has 0 unspecified atom stereocenters. The Balaban J connectivity index is 2.12. The molecule has 116 valence electrons. The number of nitrogens with two attached hydrogens (primary N) is 1. The summed E-state index contributed by atoms with van der Waals surface area (Å²) in [6.45, 7) is 0. The zero-order valence-corrected chi connectivity index (χ0v) is 12.6. The van der Waals surface area contributed by atoms with Gasteiger partial charge in [0.1, 0.15) is 17.5 Å². The average molecular weight is 331 g/mol. The molecule has 0 aromatic heterocycles. The maximum atomic E-state index is 13.1. The van der Waals surface area contributed by atoms with E-state index in [4.69, 9.17) is 22.6 Å². The summed E-state index contributed by atoms with van der Waals surface area (Å²) in [7, 11) is 0. The van der Waals surface area contributed by atoms with E-state index in [0.29, 0.717) is 17.1 Å². The highest BCUT2D eigenvalue weighted by atomic mass is 35.5. The van der Waals surface area contributed by atoms with Crippen LogP contribution >= 0.6 is 11.6 Å². The van der Waals surface area contributed by atoms with Crippen LogP contribution in [0.25, 0.3) is 0 Å². The van der Waals surface area contributed by atoms with Crippen LogP contribution in [0.2, 0.25) is 5.02 Å². The smallest absolute Gasteiger partial charge is 0.267 e. The molecule has 0 saturated heterocycles. The zero-order chi connectivity index (χ0) is 16.8. The monoisotopic (exact) mass is 330 g/mol. The molecule has 23 heavy (non-hydrogen) atoms. The third kappa shape index (κ3) is 4.46. The van der Waals surface area contributed by atoms with Gasteiger partial charge in [-0.15, -0.1) is 0 Å². The van der Waals surface area contributed by atoms with Gasteiger partial charge in [0.25, 0.3) is 5.91 Å². The predicted octanol–water partition coefficient (Wildman–Crippen LogP) is 3.52. The summed E-state index contributed by atoms with van der Waals surface area (Å²) in [6.07, 6.45) is 1.19.